The zero-order chi connectivity index (χ0) is 19.1. The molecule has 1 amide bonds. The Hall–Kier alpha value is -1.92. The molecule has 1 aliphatic heterocycles. The van der Waals surface area contributed by atoms with Crippen molar-refractivity contribution in [2.75, 3.05) is 19.7 Å². The maximum atomic E-state index is 12.4. The van der Waals surface area contributed by atoms with Crippen molar-refractivity contribution in [3.8, 4) is 0 Å². The first-order valence-corrected chi connectivity index (χ1v) is 10.00. The van der Waals surface area contributed by atoms with Crippen molar-refractivity contribution in [1.82, 2.24) is 10.2 Å². The number of hydrogen-bond acceptors (Lipinski definition) is 4. The van der Waals surface area contributed by atoms with Crippen LogP contribution in [-0.4, -0.2) is 53.2 Å². The summed E-state index contributed by atoms with van der Waals surface area (Å²) in [5.41, 5.74) is -0.0920. The monoisotopic (exact) mass is 374 g/mol. The number of nitrogens with one attached hydrogen (secondary N) is 1. The Morgan fingerprint density at radius 2 is 1.89 bits per heavy atom. The molecule has 1 saturated heterocycles. The van der Waals surface area contributed by atoms with E-state index in [-0.39, 0.29) is 18.6 Å². The number of nitrogens with zero attached hydrogens (tertiary/aromatic N) is 1. The van der Waals surface area contributed by atoms with E-state index < -0.39 is 11.5 Å². The number of rotatable bonds is 7. The number of carbonyl (C=O) groups is 2. The molecule has 6 heteroatoms. The minimum Gasteiger partial charge on any atom is -0.479 e. The molecule has 2 N–H and O–H groups in total. The Morgan fingerprint density at radius 3 is 2.59 bits per heavy atom. The first kappa shape index (κ1) is 19.8. The third-order valence-electron chi connectivity index (χ3n) is 5.61. The van der Waals surface area contributed by atoms with Gasteiger partial charge in [-0.15, -0.1) is 0 Å². The summed E-state index contributed by atoms with van der Waals surface area (Å²) < 4.78 is 5.71. The van der Waals surface area contributed by atoms with Crippen molar-refractivity contribution >= 4 is 11.9 Å². The number of amides is 1. The molecule has 1 saturated carbocycles. The molecule has 2 fully saturated rings. The summed E-state index contributed by atoms with van der Waals surface area (Å²) in [6.07, 6.45) is 6.80. The number of benzene rings is 1. The van der Waals surface area contributed by atoms with E-state index in [1.165, 1.54) is 6.42 Å². The molecule has 1 atom stereocenters. The molecule has 1 aliphatic carbocycles. The number of carboxylic acid groups (broad SMARTS) is 1. The first-order valence-electron chi connectivity index (χ1n) is 10.00. The fraction of sp³-hybridized carbons (Fsp3) is 0.619. The van der Waals surface area contributed by atoms with E-state index in [0.29, 0.717) is 19.5 Å². The van der Waals surface area contributed by atoms with Crippen LogP contribution in [0.4, 0.5) is 0 Å². The lowest BCUT2D eigenvalue weighted by Crippen LogP contribution is -2.63. The predicted octanol–water partition coefficient (Wildman–Crippen LogP) is 2.57. The van der Waals surface area contributed by atoms with E-state index in [2.05, 4.69) is 10.2 Å². The van der Waals surface area contributed by atoms with Gasteiger partial charge in [0.25, 0.3) is 0 Å². The van der Waals surface area contributed by atoms with E-state index in [1.54, 1.807) is 0 Å². The predicted molar refractivity (Wildman–Crippen MR) is 102 cm³/mol. The zero-order valence-corrected chi connectivity index (χ0v) is 15.9. The van der Waals surface area contributed by atoms with Gasteiger partial charge in [0.1, 0.15) is 6.61 Å². The van der Waals surface area contributed by atoms with Gasteiger partial charge in [-0.25, -0.2) is 4.79 Å². The van der Waals surface area contributed by atoms with Crippen LogP contribution >= 0.6 is 0 Å². The normalized spacial score (nSPS) is 24.4. The smallest absolute Gasteiger partial charge is 0.330 e. The number of ether oxygens (including phenoxy) is 1. The Kier molecular flexibility index (Phi) is 6.85. The lowest BCUT2D eigenvalue weighted by Gasteiger charge is -2.40. The number of hydrogen-bond donors (Lipinski definition) is 2. The molecule has 0 spiro atoms. The quantitative estimate of drug-likeness (QED) is 0.767. The van der Waals surface area contributed by atoms with Gasteiger partial charge in [-0.05, 0) is 37.8 Å². The zero-order valence-electron chi connectivity index (χ0n) is 15.9. The SMILES string of the molecule is O=C(COC1CCCCC1)N[C@@]1(C(=O)O)CCCN(Cc2ccccc2)C1. The van der Waals surface area contributed by atoms with Gasteiger partial charge >= 0.3 is 5.97 Å². The summed E-state index contributed by atoms with van der Waals surface area (Å²) in [6, 6.07) is 10.00. The topological polar surface area (TPSA) is 78.9 Å². The van der Waals surface area contributed by atoms with Gasteiger partial charge in [0, 0.05) is 13.1 Å². The van der Waals surface area contributed by atoms with Gasteiger partial charge in [0.2, 0.25) is 5.91 Å². The van der Waals surface area contributed by atoms with Crippen molar-refractivity contribution in [2.24, 2.45) is 0 Å². The standard InChI is InChI=1S/C21H30N2O4/c24-19(15-27-18-10-5-2-6-11-18)22-21(20(25)26)12-7-13-23(16-21)14-17-8-3-1-4-9-17/h1,3-4,8-9,18H,2,5-7,10-16H2,(H,22,24)(H,25,26)/t21-/m0/s1. The highest BCUT2D eigenvalue weighted by Crippen LogP contribution is 2.24. The van der Waals surface area contributed by atoms with Crippen LogP contribution in [0.3, 0.4) is 0 Å². The van der Waals surface area contributed by atoms with Crippen LogP contribution in [-0.2, 0) is 20.9 Å². The number of carbonyl (C=O) groups excluding carboxylic acids is 1. The van der Waals surface area contributed by atoms with Crippen LogP contribution in [0.2, 0.25) is 0 Å². The van der Waals surface area contributed by atoms with Crippen molar-refractivity contribution < 1.29 is 19.4 Å². The average molecular weight is 374 g/mol. The van der Waals surface area contributed by atoms with Gasteiger partial charge in [-0.3, -0.25) is 9.69 Å². The molecule has 1 aromatic rings. The molecule has 1 heterocycles. The molecule has 2 aliphatic rings. The summed E-state index contributed by atoms with van der Waals surface area (Å²) in [5.74, 6) is -1.30. The van der Waals surface area contributed by atoms with Crippen LogP contribution in [0.15, 0.2) is 30.3 Å². The minimum atomic E-state index is -1.24. The minimum absolute atomic E-state index is 0.0572. The number of carboxylic acids is 1. The van der Waals surface area contributed by atoms with Gasteiger partial charge in [0.15, 0.2) is 5.54 Å². The molecule has 27 heavy (non-hydrogen) atoms. The molecule has 1 aromatic carbocycles. The van der Waals surface area contributed by atoms with Crippen molar-refractivity contribution in [2.45, 2.75) is 63.1 Å². The Morgan fingerprint density at radius 1 is 1.15 bits per heavy atom. The highest BCUT2D eigenvalue weighted by atomic mass is 16.5. The maximum Gasteiger partial charge on any atom is 0.330 e. The van der Waals surface area contributed by atoms with E-state index in [9.17, 15) is 14.7 Å². The maximum absolute atomic E-state index is 12.4. The first-order chi connectivity index (χ1) is 13.1. The van der Waals surface area contributed by atoms with Crippen LogP contribution < -0.4 is 5.32 Å². The van der Waals surface area contributed by atoms with Gasteiger partial charge in [-0.2, -0.15) is 0 Å². The lowest BCUT2D eigenvalue weighted by atomic mass is 9.88. The third kappa shape index (κ3) is 5.53. The highest BCUT2D eigenvalue weighted by molar-refractivity contribution is 5.88. The van der Waals surface area contributed by atoms with Crippen molar-refractivity contribution in [1.29, 1.82) is 0 Å². The fourth-order valence-corrected chi connectivity index (χ4v) is 4.18. The number of likely N-dealkylation sites (tertiary alicyclic amines) is 1. The molecule has 0 unspecified atom stereocenters. The molecule has 0 radical (unpaired) electrons. The average Bonchev–Trinajstić information content (AvgIpc) is 2.68. The van der Waals surface area contributed by atoms with E-state index in [1.807, 2.05) is 30.3 Å². The van der Waals surface area contributed by atoms with Crippen molar-refractivity contribution in [3.05, 3.63) is 35.9 Å². The second kappa shape index (κ2) is 9.33. The van der Waals surface area contributed by atoms with Crippen LogP contribution in [0.1, 0.15) is 50.5 Å². The van der Waals surface area contributed by atoms with E-state index in [4.69, 9.17) is 4.74 Å². The molecule has 6 nitrogen and oxygen atoms in total. The second-order valence-electron chi connectivity index (χ2n) is 7.81. The molecule has 0 bridgehead atoms. The molecule has 0 aromatic heterocycles. The van der Waals surface area contributed by atoms with Crippen LogP contribution in [0.25, 0.3) is 0 Å². The summed E-state index contributed by atoms with van der Waals surface area (Å²) in [7, 11) is 0. The molecule has 3 rings (SSSR count). The summed E-state index contributed by atoms with van der Waals surface area (Å²) in [6.45, 7) is 1.77. The van der Waals surface area contributed by atoms with E-state index >= 15 is 0 Å². The Labute approximate surface area is 160 Å². The number of piperidine rings is 1. The molecule has 148 valence electrons. The summed E-state index contributed by atoms with van der Waals surface area (Å²) >= 11 is 0. The summed E-state index contributed by atoms with van der Waals surface area (Å²) in [5, 5.41) is 12.6. The third-order valence-corrected chi connectivity index (χ3v) is 5.61. The fourth-order valence-electron chi connectivity index (χ4n) is 4.18. The van der Waals surface area contributed by atoms with Crippen LogP contribution in [0.5, 0.6) is 0 Å². The van der Waals surface area contributed by atoms with Gasteiger partial charge < -0.3 is 15.2 Å². The largest absolute Gasteiger partial charge is 0.479 e. The number of aliphatic carboxylic acids is 1. The molecular formula is C21H30N2O4. The molecular weight excluding hydrogens is 344 g/mol. The second-order valence-corrected chi connectivity index (χ2v) is 7.81. The Bertz CT molecular complexity index is 630. The van der Waals surface area contributed by atoms with Crippen LogP contribution in [0, 0.1) is 0 Å². The van der Waals surface area contributed by atoms with E-state index in [0.717, 1.165) is 44.2 Å². The van der Waals surface area contributed by atoms with Gasteiger partial charge in [-0.1, -0.05) is 49.6 Å². The van der Waals surface area contributed by atoms with Crippen molar-refractivity contribution in [3.63, 3.8) is 0 Å². The highest BCUT2D eigenvalue weighted by Gasteiger charge is 2.43. The lowest BCUT2D eigenvalue weighted by molar-refractivity contribution is -0.151. The summed E-state index contributed by atoms with van der Waals surface area (Å²) in [4.78, 5) is 26.6. The Balaban J connectivity index is 1.57. The van der Waals surface area contributed by atoms with Gasteiger partial charge in [0.05, 0.1) is 6.10 Å².